The lowest BCUT2D eigenvalue weighted by Gasteiger charge is -2.49. The fourth-order valence-electron chi connectivity index (χ4n) is 4.62. The normalized spacial score (nSPS) is 25.8. The lowest BCUT2D eigenvalue weighted by atomic mass is 9.78. The van der Waals surface area contributed by atoms with Crippen LogP contribution in [-0.4, -0.2) is 66.6 Å². The lowest BCUT2D eigenvalue weighted by Crippen LogP contribution is -2.69. The zero-order valence-corrected chi connectivity index (χ0v) is 17.1. The summed E-state index contributed by atoms with van der Waals surface area (Å²) in [5.74, 6) is -1.86. The summed E-state index contributed by atoms with van der Waals surface area (Å²) in [7, 11) is 0. The number of carboxylic acid groups (broad SMARTS) is 2. The first-order valence-corrected chi connectivity index (χ1v) is 10.6. The number of hydrogen-bond acceptors (Lipinski definition) is 7. The number of hydrogen-bond donors (Lipinski definition) is 3. The standard InChI is InChI=1S/C19H16N4O5S2/c24-17-14-12-9(6-22(14)19(27)28)4-10(13(18(25)26)23(12)17)15(29)16-21-11(7-30-16)8-2-1-3-20-5-8/h1-3,5,7,9,12,14-15,29H,4,6H2,(H,25,26)(H,27,28)/t9-,12-,14+,15?/m1/s1. The Bertz CT molecular complexity index is 1100. The van der Waals surface area contributed by atoms with E-state index in [4.69, 9.17) is 0 Å². The number of carbonyl (C=O) groups excluding carboxylic acids is 1. The minimum atomic E-state index is -1.22. The van der Waals surface area contributed by atoms with E-state index in [1.165, 1.54) is 16.2 Å². The van der Waals surface area contributed by atoms with Gasteiger partial charge < -0.3 is 10.2 Å². The van der Waals surface area contributed by atoms with Gasteiger partial charge in [-0.1, -0.05) is 0 Å². The summed E-state index contributed by atoms with van der Waals surface area (Å²) in [5, 5.41) is 21.1. The van der Waals surface area contributed by atoms with E-state index in [2.05, 4.69) is 22.6 Å². The Balaban J connectivity index is 1.51. The van der Waals surface area contributed by atoms with Gasteiger partial charge in [0.05, 0.1) is 17.0 Å². The molecular formula is C19H16N4O5S2. The molecule has 30 heavy (non-hydrogen) atoms. The van der Waals surface area contributed by atoms with Gasteiger partial charge in [0.15, 0.2) is 0 Å². The van der Waals surface area contributed by atoms with Gasteiger partial charge in [-0.05, 0) is 24.1 Å². The molecule has 4 atom stereocenters. The SMILES string of the molecule is O=C(O)C1=C(C(S)c2nc(-c3cccnc3)cs2)C[C@@H]2CN(C(=O)O)[C@@H]3C(=O)N1[C@H]23. The highest BCUT2D eigenvalue weighted by molar-refractivity contribution is 7.81. The Hall–Kier alpha value is -2.92. The molecule has 9 nitrogen and oxygen atoms in total. The van der Waals surface area contributed by atoms with E-state index in [1.54, 1.807) is 18.5 Å². The maximum atomic E-state index is 12.7. The van der Waals surface area contributed by atoms with E-state index in [9.17, 15) is 24.6 Å². The van der Waals surface area contributed by atoms with E-state index in [0.29, 0.717) is 22.7 Å². The first kappa shape index (κ1) is 19.1. The van der Waals surface area contributed by atoms with Crippen LogP contribution in [0.4, 0.5) is 4.79 Å². The Morgan fingerprint density at radius 1 is 1.33 bits per heavy atom. The number of aliphatic carboxylic acids is 1. The number of β-lactam (4-membered cyclic amide) rings is 1. The van der Waals surface area contributed by atoms with Crippen LogP contribution >= 0.6 is 24.0 Å². The summed E-state index contributed by atoms with van der Waals surface area (Å²) in [4.78, 5) is 47.3. The van der Waals surface area contributed by atoms with Gasteiger partial charge in [0.25, 0.3) is 5.91 Å². The van der Waals surface area contributed by atoms with Gasteiger partial charge in [-0.3, -0.25) is 19.6 Å². The third kappa shape index (κ3) is 2.65. The second-order valence-corrected chi connectivity index (χ2v) is 8.84. The number of carboxylic acids is 1. The first-order chi connectivity index (χ1) is 14.4. The van der Waals surface area contributed by atoms with Crippen molar-refractivity contribution in [2.45, 2.75) is 23.8 Å². The Labute approximate surface area is 180 Å². The third-order valence-corrected chi connectivity index (χ3v) is 7.52. The number of likely N-dealkylation sites (tertiary alicyclic amines) is 1. The zero-order valence-electron chi connectivity index (χ0n) is 15.4. The molecular weight excluding hydrogens is 428 g/mol. The molecule has 0 spiro atoms. The van der Waals surface area contributed by atoms with E-state index < -0.39 is 35.3 Å². The van der Waals surface area contributed by atoms with Crippen LogP contribution in [0.2, 0.25) is 0 Å². The van der Waals surface area contributed by atoms with Gasteiger partial charge in [-0.25, -0.2) is 14.6 Å². The van der Waals surface area contributed by atoms with Crippen LogP contribution in [0.3, 0.4) is 0 Å². The Morgan fingerprint density at radius 3 is 2.80 bits per heavy atom. The van der Waals surface area contributed by atoms with E-state index >= 15 is 0 Å². The predicted octanol–water partition coefficient (Wildman–Crippen LogP) is 2.11. The average Bonchev–Trinajstić information content (AvgIpc) is 3.36. The zero-order chi connectivity index (χ0) is 21.2. The van der Waals surface area contributed by atoms with Crippen LogP contribution in [-0.2, 0) is 9.59 Å². The second kappa shape index (κ2) is 6.81. The van der Waals surface area contributed by atoms with Crippen molar-refractivity contribution in [1.29, 1.82) is 0 Å². The molecule has 0 aromatic carbocycles. The lowest BCUT2D eigenvalue weighted by molar-refractivity contribution is -0.156. The van der Waals surface area contributed by atoms with Crippen LogP contribution < -0.4 is 0 Å². The molecule has 2 amide bonds. The quantitative estimate of drug-likeness (QED) is 0.487. The number of aromatic nitrogens is 2. The molecule has 2 N–H and O–H groups in total. The highest BCUT2D eigenvalue weighted by Crippen LogP contribution is 2.50. The predicted molar refractivity (Wildman–Crippen MR) is 109 cm³/mol. The van der Waals surface area contributed by atoms with Gasteiger partial charge in [-0.15, -0.1) is 11.3 Å². The van der Waals surface area contributed by atoms with E-state index in [-0.39, 0.29) is 18.2 Å². The number of amides is 2. The Kier molecular flexibility index (Phi) is 4.33. The molecule has 3 aliphatic rings. The third-order valence-electron chi connectivity index (χ3n) is 5.88. The van der Waals surface area contributed by atoms with Gasteiger partial charge >= 0.3 is 12.1 Å². The summed E-state index contributed by atoms with van der Waals surface area (Å²) in [5.41, 5.74) is 1.94. The number of thiazole rings is 1. The number of pyridine rings is 1. The number of thiol groups is 1. The molecule has 0 saturated carbocycles. The molecule has 0 bridgehead atoms. The summed E-state index contributed by atoms with van der Waals surface area (Å²) in [6, 6.07) is 2.47. The van der Waals surface area contributed by atoms with Crippen molar-refractivity contribution < 1.29 is 24.6 Å². The van der Waals surface area contributed by atoms with Crippen LogP contribution in [0.5, 0.6) is 0 Å². The highest BCUT2D eigenvalue weighted by atomic mass is 32.1. The van der Waals surface area contributed by atoms with Crippen molar-refractivity contribution in [1.82, 2.24) is 19.8 Å². The molecule has 2 aromatic rings. The summed E-state index contributed by atoms with van der Waals surface area (Å²) < 4.78 is 0. The maximum Gasteiger partial charge on any atom is 0.408 e. The van der Waals surface area contributed by atoms with Crippen molar-refractivity contribution >= 4 is 41.9 Å². The monoisotopic (exact) mass is 444 g/mol. The molecule has 154 valence electrons. The van der Waals surface area contributed by atoms with E-state index in [1.807, 2.05) is 11.4 Å². The van der Waals surface area contributed by atoms with Crippen molar-refractivity contribution in [3.63, 3.8) is 0 Å². The Morgan fingerprint density at radius 2 is 2.13 bits per heavy atom. The highest BCUT2D eigenvalue weighted by Gasteiger charge is 2.64. The molecule has 5 rings (SSSR count). The van der Waals surface area contributed by atoms with Gasteiger partial charge in [0, 0.05) is 35.8 Å². The van der Waals surface area contributed by atoms with Crippen molar-refractivity contribution in [3.8, 4) is 11.3 Å². The molecule has 2 saturated heterocycles. The fraction of sp³-hybridized carbons (Fsp3) is 0.316. The van der Waals surface area contributed by atoms with Crippen LogP contribution in [0.1, 0.15) is 16.7 Å². The summed E-state index contributed by atoms with van der Waals surface area (Å²) in [6.45, 7) is 0.197. The molecule has 3 aliphatic heterocycles. The summed E-state index contributed by atoms with van der Waals surface area (Å²) >= 11 is 6.02. The van der Waals surface area contributed by atoms with Crippen molar-refractivity contribution in [2.75, 3.05) is 6.54 Å². The number of rotatable bonds is 4. The van der Waals surface area contributed by atoms with Gasteiger partial charge in [0.2, 0.25) is 0 Å². The van der Waals surface area contributed by atoms with Crippen LogP contribution in [0.15, 0.2) is 41.2 Å². The molecule has 2 fully saturated rings. The maximum absolute atomic E-state index is 12.7. The number of carbonyl (C=O) groups is 3. The molecule has 1 unspecified atom stereocenters. The molecule has 0 radical (unpaired) electrons. The fourth-order valence-corrected chi connectivity index (χ4v) is 5.93. The average molecular weight is 444 g/mol. The minimum Gasteiger partial charge on any atom is -0.477 e. The van der Waals surface area contributed by atoms with Crippen molar-refractivity contribution in [2.24, 2.45) is 5.92 Å². The largest absolute Gasteiger partial charge is 0.477 e. The summed E-state index contributed by atoms with van der Waals surface area (Å²) in [6.07, 6.45) is 2.55. The number of nitrogens with zero attached hydrogens (tertiary/aromatic N) is 4. The minimum absolute atomic E-state index is 0.0946. The van der Waals surface area contributed by atoms with Crippen LogP contribution in [0.25, 0.3) is 11.3 Å². The smallest absolute Gasteiger partial charge is 0.408 e. The molecule has 5 heterocycles. The van der Waals surface area contributed by atoms with Gasteiger partial charge in [0.1, 0.15) is 16.7 Å². The molecule has 0 aliphatic carbocycles. The van der Waals surface area contributed by atoms with Crippen molar-refractivity contribution in [3.05, 3.63) is 46.2 Å². The van der Waals surface area contributed by atoms with Gasteiger partial charge in [-0.2, -0.15) is 12.6 Å². The molecule has 11 heteroatoms. The van der Waals surface area contributed by atoms with E-state index in [0.717, 1.165) is 10.5 Å². The van der Waals surface area contributed by atoms with Crippen LogP contribution in [0, 0.1) is 5.92 Å². The topological polar surface area (TPSA) is 124 Å². The molecule has 2 aromatic heterocycles. The second-order valence-electron chi connectivity index (χ2n) is 7.44. The first-order valence-electron chi connectivity index (χ1n) is 9.21.